The Hall–Kier alpha value is -2.51. The molecule has 12 heteroatoms. The van der Waals surface area contributed by atoms with Gasteiger partial charge >= 0.3 is 5.69 Å². The molecule has 2 N–H and O–H groups in total. The summed E-state index contributed by atoms with van der Waals surface area (Å²) >= 11 is 0. The predicted molar refractivity (Wildman–Crippen MR) is 107 cm³/mol. The molecule has 1 aliphatic rings. The molecule has 1 saturated heterocycles. The molecule has 0 aromatic carbocycles. The quantitative estimate of drug-likeness (QED) is 0.216. The number of piperazine rings is 1. The van der Waals surface area contributed by atoms with Crippen LogP contribution in [0.15, 0.2) is 35.8 Å². The van der Waals surface area contributed by atoms with Crippen LogP contribution in [0.5, 0.6) is 0 Å². The van der Waals surface area contributed by atoms with Crippen molar-refractivity contribution in [2.75, 3.05) is 37.6 Å². The smallest absolute Gasteiger partial charge is 0.306 e. The minimum absolute atomic E-state index is 0. The van der Waals surface area contributed by atoms with Gasteiger partial charge in [-0.05, 0) is 6.07 Å². The van der Waals surface area contributed by atoms with Crippen molar-refractivity contribution in [3.05, 3.63) is 41.0 Å². The fourth-order valence-electron chi connectivity index (χ4n) is 2.53. The summed E-state index contributed by atoms with van der Waals surface area (Å²) in [5, 5.41) is 14.5. The standard InChI is InChI=1S/C14H19N9O2.HI/c15-13(16-4-5-22-11-12(10-19-22)23(24)25)20-6-8-21(9-7-20)14-17-2-1-3-18-14;/h1-3,10-11H,4-9H2,(H2,15,16);1H. The summed E-state index contributed by atoms with van der Waals surface area (Å²) in [4.78, 5) is 27.1. The molecule has 3 rings (SSSR count). The van der Waals surface area contributed by atoms with Crippen LogP contribution in [0.4, 0.5) is 11.6 Å². The van der Waals surface area contributed by atoms with E-state index in [4.69, 9.17) is 5.73 Å². The highest BCUT2D eigenvalue weighted by atomic mass is 127. The second-order valence-electron chi connectivity index (χ2n) is 5.48. The van der Waals surface area contributed by atoms with Crippen molar-refractivity contribution < 1.29 is 4.92 Å². The number of hydrogen-bond acceptors (Lipinski definition) is 7. The van der Waals surface area contributed by atoms with E-state index in [-0.39, 0.29) is 29.7 Å². The van der Waals surface area contributed by atoms with Gasteiger partial charge in [-0.15, -0.1) is 24.0 Å². The molecule has 0 saturated carbocycles. The molecule has 0 atom stereocenters. The number of nitro groups is 1. The lowest BCUT2D eigenvalue weighted by Gasteiger charge is -2.35. The molecule has 0 unspecified atom stereocenters. The summed E-state index contributed by atoms with van der Waals surface area (Å²) in [6.07, 6.45) is 6.05. The Morgan fingerprint density at radius 2 is 1.96 bits per heavy atom. The van der Waals surface area contributed by atoms with Crippen LogP contribution in [-0.4, -0.2) is 68.3 Å². The van der Waals surface area contributed by atoms with E-state index in [1.807, 2.05) is 4.90 Å². The highest BCUT2D eigenvalue weighted by Crippen LogP contribution is 2.10. The molecule has 2 aromatic heterocycles. The molecule has 0 radical (unpaired) electrons. The van der Waals surface area contributed by atoms with Crippen LogP contribution in [0.25, 0.3) is 0 Å². The Morgan fingerprint density at radius 1 is 1.27 bits per heavy atom. The van der Waals surface area contributed by atoms with Crippen LogP contribution in [0.1, 0.15) is 0 Å². The van der Waals surface area contributed by atoms with E-state index in [2.05, 4.69) is 25.0 Å². The van der Waals surface area contributed by atoms with Crippen molar-refractivity contribution >= 4 is 41.6 Å². The fourth-order valence-corrected chi connectivity index (χ4v) is 2.53. The Balaban J connectivity index is 0.00000243. The number of anilines is 1. The number of aliphatic imine (C=N–C) groups is 1. The molecular weight excluding hydrogens is 453 g/mol. The SMILES string of the molecule is I.NC(=NCCn1cc([N+](=O)[O-])cn1)N1CCN(c2ncccn2)CC1. The third-order valence-electron chi connectivity index (χ3n) is 3.87. The molecule has 0 aliphatic carbocycles. The van der Waals surface area contributed by atoms with Crippen LogP contribution in [-0.2, 0) is 6.54 Å². The lowest BCUT2D eigenvalue weighted by molar-refractivity contribution is -0.385. The molecule has 1 fully saturated rings. The molecule has 11 nitrogen and oxygen atoms in total. The van der Waals surface area contributed by atoms with Gasteiger partial charge in [-0.2, -0.15) is 5.10 Å². The third-order valence-corrected chi connectivity index (χ3v) is 3.87. The average Bonchev–Trinajstić information content (AvgIpc) is 3.12. The summed E-state index contributed by atoms with van der Waals surface area (Å²) < 4.78 is 1.49. The monoisotopic (exact) mass is 473 g/mol. The topological polar surface area (TPSA) is 132 Å². The van der Waals surface area contributed by atoms with E-state index >= 15 is 0 Å². The number of nitrogens with two attached hydrogens (primary N) is 1. The van der Waals surface area contributed by atoms with Crippen molar-refractivity contribution in [2.24, 2.45) is 10.7 Å². The fraction of sp³-hybridized carbons (Fsp3) is 0.429. The maximum absolute atomic E-state index is 10.6. The Labute approximate surface area is 167 Å². The zero-order valence-electron chi connectivity index (χ0n) is 14.0. The second kappa shape index (κ2) is 9.26. The lowest BCUT2D eigenvalue weighted by Crippen LogP contribution is -2.51. The van der Waals surface area contributed by atoms with Gasteiger partial charge in [-0.3, -0.25) is 19.8 Å². The first kappa shape index (κ1) is 19.8. The minimum Gasteiger partial charge on any atom is -0.370 e. The van der Waals surface area contributed by atoms with Crippen LogP contribution in [0.2, 0.25) is 0 Å². The molecule has 1 aliphatic heterocycles. The number of hydrogen-bond donors (Lipinski definition) is 1. The highest BCUT2D eigenvalue weighted by molar-refractivity contribution is 14.0. The normalized spacial score (nSPS) is 14.8. The van der Waals surface area contributed by atoms with E-state index in [9.17, 15) is 10.1 Å². The van der Waals surface area contributed by atoms with Gasteiger partial charge in [-0.1, -0.05) is 0 Å². The zero-order valence-corrected chi connectivity index (χ0v) is 16.3. The average molecular weight is 473 g/mol. The van der Waals surface area contributed by atoms with Crippen molar-refractivity contribution in [3.63, 3.8) is 0 Å². The van der Waals surface area contributed by atoms with Crippen molar-refractivity contribution in [1.29, 1.82) is 0 Å². The summed E-state index contributed by atoms with van der Waals surface area (Å²) in [5.41, 5.74) is 6.01. The van der Waals surface area contributed by atoms with E-state index in [1.165, 1.54) is 17.1 Å². The van der Waals surface area contributed by atoms with Gasteiger partial charge in [-0.25, -0.2) is 9.97 Å². The van der Waals surface area contributed by atoms with E-state index in [0.717, 1.165) is 32.1 Å². The second-order valence-corrected chi connectivity index (χ2v) is 5.48. The lowest BCUT2D eigenvalue weighted by atomic mass is 10.3. The molecule has 0 spiro atoms. The number of rotatable bonds is 5. The molecular formula is C14H20IN9O2. The van der Waals surface area contributed by atoms with Crippen LogP contribution in [0, 0.1) is 10.1 Å². The summed E-state index contributed by atoms with van der Waals surface area (Å²) in [5.74, 6) is 1.19. The molecule has 0 amide bonds. The van der Waals surface area contributed by atoms with Gasteiger partial charge < -0.3 is 15.5 Å². The molecule has 26 heavy (non-hydrogen) atoms. The summed E-state index contributed by atoms with van der Waals surface area (Å²) in [6, 6.07) is 1.79. The Kier molecular flexibility index (Phi) is 7.06. The van der Waals surface area contributed by atoms with Crippen LogP contribution < -0.4 is 10.6 Å². The van der Waals surface area contributed by atoms with Crippen LogP contribution >= 0.6 is 24.0 Å². The Morgan fingerprint density at radius 3 is 2.58 bits per heavy atom. The first-order valence-corrected chi connectivity index (χ1v) is 7.87. The van der Waals surface area contributed by atoms with E-state index in [1.54, 1.807) is 18.5 Å². The summed E-state index contributed by atoms with van der Waals surface area (Å²) in [6.45, 7) is 3.86. The van der Waals surface area contributed by atoms with Crippen molar-refractivity contribution in [2.45, 2.75) is 6.54 Å². The van der Waals surface area contributed by atoms with Gasteiger partial charge in [0.05, 0.1) is 18.0 Å². The van der Waals surface area contributed by atoms with Gasteiger partial charge in [0.25, 0.3) is 0 Å². The van der Waals surface area contributed by atoms with Gasteiger partial charge in [0.1, 0.15) is 12.4 Å². The first-order chi connectivity index (χ1) is 12.1. The number of aromatic nitrogens is 4. The number of halogens is 1. The zero-order chi connectivity index (χ0) is 17.6. The molecule has 0 bridgehead atoms. The number of nitrogens with zero attached hydrogens (tertiary/aromatic N) is 8. The van der Waals surface area contributed by atoms with Crippen molar-refractivity contribution in [3.8, 4) is 0 Å². The third kappa shape index (κ3) is 5.00. The highest BCUT2D eigenvalue weighted by Gasteiger charge is 2.19. The van der Waals surface area contributed by atoms with Gasteiger partial charge in [0, 0.05) is 38.6 Å². The molecule has 2 aromatic rings. The summed E-state index contributed by atoms with van der Waals surface area (Å²) in [7, 11) is 0. The largest absolute Gasteiger partial charge is 0.370 e. The predicted octanol–water partition coefficient (Wildman–Crippen LogP) is 0.336. The first-order valence-electron chi connectivity index (χ1n) is 7.87. The minimum atomic E-state index is -0.475. The van der Waals surface area contributed by atoms with Crippen molar-refractivity contribution in [1.82, 2.24) is 24.6 Å². The van der Waals surface area contributed by atoms with Gasteiger partial charge in [0.15, 0.2) is 5.96 Å². The Bertz CT molecular complexity index is 744. The maximum Gasteiger partial charge on any atom is 0.306 e. The van der Waals surface area contributed by atoms with Gasteiger partial charge in [0.2, 0.25) is 5.95 Å². The molecule has 3 heterocycles. The maximum atomic E-state index is 10.6. The van der Waals surface area contributed by atoms with Crippen LogP contribution in [0.3, 0.4) is 0 Å². The molecule has 140 valence electrons. The number of guanidine groups is 1. The van der Waals surface area contributed by atoms with E-state index < -0.39 is 4.92 Å². The van der Waals surface area contributed by atoms with E-state index in [0.29, 0.717) is 19.0 Å².